The van der Waals surface area contributed by atoms with Gasteiger partial charge in [-0.25, -0.2) is 18.0 Å². The molecule has 18 heavy (non-hydrogen) atoms. The normalized spacial score (nSPS) is 27.2. The van der Waals surface area contributed by atoms with Gasteiger partial charge in [-0.1, -0.05) is 0 Å². The minimum absolute atomic E-state index is 0.180. The van der Waals surface area contributed by atoms with Gasteiger partial charge in [0.25, 0.3) is 0 Å². The molecule has 2 aliphatic rings. The Morgan fingerprint density at radius 2 is 2.00 bits per heavy atom. The molecule has 0 bridgehead atoms. The molecule has 0 radical (unpaired) electrons. The molecule has 1 atom stereocenters. The smallest absolute Gasteiger partial charge is 0.329 e. The Bertz CT molecular complexity index is 506. The predicted molar refractivity (Wildman–Crippen MR) is 62.6 cm³/mol. The molecule has 1 saturated carbocycles. The van der Waals surface area contributed by atoms with Crippen LogP contribution in [0.4, 0.5) is 4.79 Å². The second-order valence-electron chi connectivity index (χ2n) is 4.60. The van der Waals surface area contributed by atoms with Gasteiger partial charge in [-0.3, -0.25) is 0 Å². The number of hydrogen-bond acceptors (Lipinski definition) is 4. The lowest BCUT2D eigenvalue weighted by molar-refractivity contribution is -0.148. The highest BCUT2D eigenvalue weighted by atomic mass is 32.2. The van der Waals surface area contributed by atoms with Gasteiger partial charge in [0.15, 0.2) is 9.84 Å². The van der Waals surface area contributed by atoms with E-state index in [0.717, 1.165) is 11.8 Å². The number of carbonyl (C=O) groups is 2. The average molecular weight is 274 g/mol. The first-order valence-electron chi connectivity index (χ1n) is 5.56. The highest BCUT2D eigenvalue weighted by Crippen LogP contribution is 2.31. The zero-order valence-corrected chi connectivity index (χ0v) is 10.4. The van der Waals surface area contributed by atoms with Crippen molar-refractivity contribution in [1.29, 1.82) is 0 Å². The third-order valence-electron chi connectivity index (χ3n) is 3.22. The van der Waals surface area contributed by atoms with Crippen LogP contribution in [0.15, 0.2) is 11.5 Å². The van der Waals surface area contributed by atoms with E-state index < -0.39 is 33.4 Å². The highest BCUT2D eigenvalue weighted by Gasteiger charge is 2.46. The molecule has 1 heterocycles. The third-order valence-corrected chi connectivity index (χ3v) is 4.61. The molecular formula is C10H14N2O5S. The zero-order valence-electron chi connectivity index (χ0n) is 9.55. The van der Waals surface area contributed by atoms with Gasteiger partial charge in [-0.05, 0) is 25.3 Å². The van der Waals surface area contributed by atoms with Crippen molar-refractivity contribution >= 4 is 21.8 Å². The van der Waals surface area contributed by atoms with Gasteiger partial charge in [-0.2, -0.15) is 0 Å². The summed E-state index contributed by atoms with van der Waals surface area (Å²) in [5, 5.41) is 14.9. The number of hydrogen-bond donors (Lipinski definition) is 3. The number of rotatable bonds is 3. The average Bonchev–Trinajstić information content (AvgIpc) is 2.51. The van der Waals surface area contributed by atoms with Crippen molar-refractivity contribution in [2.24, 2.45) is 0 Å². The lowest BCUT2D eigenvalue weighted by Crippen LogP contribution is -2.62. The number of carboxylic acid groups (broad SMARTS) is 1. The summed E-state index contributed by atoms with van der Waals surface area (Å²) in [6.45, 7) is 0. The lowest BCUT2D eigenvalue weighted by Gasteiger charge is -2.38. The summed E-state index contributed by atoms with van der Waals surface area (Å²) < 4.78 is 22.3. The summed E-state index contributed by atoms with van der Waals surface area (Å²) in [6, 6.07) is -1.25. The van der Waals surface area contributed by atoms with E-state index in [1.165, 1.54) is 6.08 Å². The van der Waals surface area contributed by atoms with E-state index >= 15 is 0 Å². The third kappa shape index (κ3) is 2.47. The summed E-state index contributed by atoms with van der Waals surface area (Å²) in [6.07, 6.45) is 2.93. The summed E-state index contributed by atoms with van der Waals surface area (Å²) in [4.78, 5) is 22.6. The van der Waals surface area contributed by atoms with Gasteiger partial charge < -0.3 is 15.7 Å². The summed E-state index contributed by atoms with van der Waals surface area (Å²) in [7, 11) is -3.23. The fourth-order valence-electron chi connectivity index (χ4n) is 2.01. The quantitative estimate of drug-likeness (QED) is 0.648. The minimum atomic E-state index is -3.23. The summed E-state index contributed by atoms with van der Waals surface area (Å²) in [5.41, 5.74) is -1.19. The molecule has 0 aromatic heterocycles. The van der Waals surface area contributed by atoms with Crippen LogP contribution in [-0.4, -0.2) is 42.9 Å². The van der Waals surface area contributed by atoms with E-state index in [0.29, 0.717) is 12.8 Å². The van der Waals surface area contributed by atoms with Crippen LogP contribution in [-0.2, 0) is 14.6 Å². The Balaban J connectivity index is 1.90. The maximum absolute atomic E-state index is 11.6. The van der Waals surface area contributed by atoms with Crippen LogP contribution in [0.2, 0.25) is 0 Å². The van der Waals surface area contributed by atoms with Gasteiger partial charge >= 0.3 is 12.0 Å². The van der Waals surface area contributed by atoms with Crippen molar-refractivity contribution in [1.82, 2.24) is 10.6 Å². The number of aliphatic carboxylic acids is 1. The monoisotopic (exact) mass is 274 g/mol. The molecule has 0 saturated heterocycles. The summed E-state index contributed by atoms with van der Waals surface area (Å²) >= 11 is 0. The molecule has 100 valence electrons. The molecule has 8 heteroatoms. The second kappa shape index (κ2) is 4.27. The first-order valence-corrected chi connectivity index (χ1v) is 7.28. The van der Waals surface area contributed by atoms with Crippen molar-refractivity contribution in [3.05, 3.63) is 11.5 Å². The standard InChI is InChI=1S/C10H14N2O5S/c13-8(14)10(3-1-4-10)12-9(15)11-7-2-5-18(16,17)6-7/h2,5,7H,1,3-4,6H2,(H,13,14)(H2,11,12,15). The summed E-state index contributed by atoms with van der Waals surface area (Å²) in [5.74, 6) is -1.24. The topological polar surface area (TPSA) is 113 Å². The molecule has 1 fully saturated rings. The maximum atomic E-state index is 11.6. The van der Waals surface area contributed by atoms with Crippen molar-refractivity contribution in [2.75, 3.05) is 5.75 Å². The van der Waals surface area contributed by atoms with Crippen molar-refractivity contribution < 1.29 is 23.1 Å². The van der Waals surface area contributed by atoms with Crippen LogP contribution in [0.3, 0.4) is 0 Å². The second-order valence-corrected chi connectivity index (χ2v) is 6.54. The molecule has 0 aromatic rings. The Kier molecular flexibility index (Phi) is 3.05. The van der Waals surface area contributed by atoms with E-state index in [-0.39, 0.29) is 5.75 Å². The molecule has 1 aliphatic carbocycles. The van der Waals surface area contributed by atoms with Gasteiger partial charge in [0, 0.05) is 5.41 Å². The number of sulfone groups is 1. The molecule has 1 unspecified atom stereocenters. The number of amides is 2. The van der Waals surface area contributed by atoms with Crippen LogP contribution >= 0.6 is 0 Å². The fourth-order valence-corrected chi connectivity index (χ4v) is 3.25. The number of carboxylic acids is 1. The SMILES string of the molecule is O=C(NC1C=CS(=O)(=O)C1)NC1(C(=O)O)CCC1. The van der Waals surface area contributed by atoms with Crippen LogP contribution in [0.5, 0.6) is 0 Å². The maximum Gasteiger partial charge on any atom is 0.329 e. The molecule has 1 aliphatic heterocycles. The van der Waals surface area contributed by atoms with Gasteiger partial charge in [0.2, 0.25) is 0 Å². The van der Waals surface area contributed by atoms with Gasteiger partial charge in [0.1, 0.15) is 5.54 Å². The van der Waals surface area contributed by atoms with Gasteiger partial charge in [0.05, 0.1) is 11.8 Å². The van der Waals surface area contributed by atoms with Crippen LogP contribution in [0, 0.1) is 0 Å². The zero-order chi connectivity index (χ0) is 13.4. The van der Waals surface area contributed by atoms with E-state index in [9.17, 15) is 18.0 Å². The van der Waals surface area contributed by atoms with Crippen molar-refractivity contribution in [2.45, 2.75) is 30.8 Å². The van der Waals surface area contributed by atoms with Crippen LogP contribution in [0.1, 0.15) is 19.3 Å². The fraction of sp³-hybridized carbons (Fsp3) is 0.600. The Hall–Kier alpha value is -1.57. The molecule has 7 nitrogen and oxygen atoms in total. The van der Waals surface area contributed by atoms with Crippen LogP contribution < -0.4 is 10.6 Å². The predicted octanol–water partition coefficient (Wildman–Crippen LogP) is -0.396. The molecular weight excluding hydrogens is 260 g/mol. The highest BCUT2D eigenvalue weighted by molar-refractivity contribution is 7.94. The first kappa shape index (κ1) is 12.9. The Morgan fingerprint density at radius 3 is 2.39 bits per heavy atom. The lowest BCUT2D eigenvalue weighted by atomic mass is 9.77. The Morgan fingerprint density at radius 1 is 1.33 bits per heavy atom. The first-order chi connectivity index (χ1) is 8.33. The molecule has 2 amide bonds. The molecule has 0 aromatic carbocycles. The number of carbonyl (C=O) groups excluding carboxylic acids is 1. The number of nitrogens with one attached hydrogen (secondary N) is 2. The van der Waals surface area contributed by atoms with E-state index in [2.05, 4.69) is 10.6 Å². The van der Waals surface area contributed by atoms with Crippen molar-refractivity contribution in [3.63, 3.8) is 0 Å². The number of urea groups is 1. The minimum Gasteiger partial charge on any atom is -0.480 e. The van der Waals surface area contributed by atoms with Crippen LogP contribution in [0.25, 0.3) is 0 Å². The largest absolute Gasteiger partial charge is 0.480 e. The molecule has 3 N–H and O–H groups in total. The molecule has 0 spiro atoms. The molecule has 2 rings (SSSR count). The van der Waals surface area contributed by atoms with Crippen molar-refractivity contribution in [3.8, 4) is 0 Å². The van der Waals surface area contributed by atoms with Gasteiger partial charge in [-0.15, -0.1) is 0 Å². The van der Waals surface area contributed by atoms with E-state index in [4.69, 9.17) is 5.11 Å². The Labute approximate surface area is 104 Å². The van der Waals surface area contributed by atoms with E-state index in [1.54, 1.807) is 0 Å². The van der Waals surface area contributed by atoms with E-state index in [1.807, 2.05) is 0 Å².